The third-order valence-electron chi connectivity index (χ3n) is 4.80. The second-order valence-corrected chi connectivity index (χ2v) is 7.55. The van der Waals surface area contributed by atoms with Gasteiger partial charge in [-0.05, 0) is 25.3 Å². The number of hydrogen-bond acceptors (Lipinski definition) is 2. The average molecular weight is 298 g/mol. The van der Waals surface area contributed by atoms with E-state index in [4.69, 9.17) is 4.74 Å². The molecule has 21 heavy (non-hydrogen) atoms. The van der Waals surface area contributed by atoms with Crippen LogP contribution in [0.15, 0.2) is 0 Å². The third-order valence-corrected chi connectivity index (χ3v) is 4.80. The summed E-state index contributed by atoms with van der Waals surface area (Å²) in [5, 5.41) is 3.66. The van der Waals surface area contributed by atoms with Crippen LogP contribution in [0.25, 0.3) is 0 Å². The van der Waals surface area contributed by atoms with Crippen LogP contribution in [-0.2, 0) is 4.74 Å². The lowest BCUT2D eigenvalue weighted by molar-refractivity contribution is 0.141. The molecule has 0 bridgehead atoms. The molecule has 0 spiro atoms. The number of unbranched alkanes of at least 4 members (excludes halogenated alkanes) is 7. The molecule has 0 radical (unpaired) electrons. The number of hydrogen-bond donors (Lipinski definition) is 1. The molecular formula is C19H39NO. The van der Waals surface area contributed by atoms with Gasteiger partial charge in [-0.1, -0.05) is 72.1 Å². The van der Waals surface area contributed by atoms with Crippen LogP contribution in [0.3, 0.4) is 0 Å². The van der Waals surface area contributed by atoms with Crippen molar-refractivity contribution in [3.05, 3.63) is 0 Å². The summed E-state index contributed by atoms with van der Waals surface area (Å²) in [6.07, 6.45) is 13.9. The summed E-state index contributed by atoms with van der Waals surface area (Å²) in [5.41, 5.74) is 0.442. The fourth-order valence-electron chi connectivity index (χ4n) is 3.33. The fourth-order valence-corrected chi connectivity index (χ4v) is 3.33. The summed E-state index contributed by atoms with van der Waals surface area (Å²) in [6.45, 7) is 11.1. The molecule has 0 saturated carbocycles. The zero-order valence-electron chi connectivity index (χ0n) is 14.9. The molecule has 1 aliphatic rings. The molecule has 1 N–H and O–H groups in total. The SMILES string of the molecule is CCCCCCCCCCC1(CNCC(C)C)CCOC1. The first kappa shape index (κ1) is 19.0. The lowest BCUT2D eigenvalue weighted by Crippen LogP contribution is -2.36. The first-order chi connectivity index (χ1) is 10.2. The Balaban J connectivity index is 2.08. The van der Waals surface area contributed by atoms with E-state index in [0.29, 0.717) is 5.41 Å². The van der Waals surface area contributed by atoms with Crippen LogP contribution in [0.2, 0.25) is 0 Å². The number of rotatable bonds is 13. The van der Waals surface area contributed by atoms with E-state index in [1.165, 1.54) is 64.2 Å². The minimum Gasteiger partial charge on any atom is -0.381 e. The summed E-state index contributed by atoms with van der Waals surface area (Å²) in [5.74, 6) is 0.743. The van der Waals surface area contributed by atoms with Crippen LogP contribution in [0, 0.1) is 11.3 Å². The van der Waals surface area contributed by atoms with Gasteiger partial charge >= 0.3 is 0 Å². The predicted octanol–water partition coefficient (Wildman–Crippen LogP) is 5.17. The standard InChI is InChI=1S/C19H39NO/c1-4-5-6-7-8-9-10-11-12-19(13-14-21-17-19)16-20-15-18(2)3/h18,20H,4-17H2,1-3H3. The maximum atomic E-state index is 5.70. The van der Waals surface area contributed by atoms with Crippen molar-refractivity contribution in [2.24, 2.45) is 11.3 Å². The summed E-state index contributed by atoms with van der Waals surface area (Å²) >= 11 is 0. The Morgan fingerprint density at radius 2 is 1.67 bits per heavy atom. The Morgan fingerprint density at radius 3 is 2.24 bits per heavy atom. The summed E-state index contributed by atoms with van der Waals surface area (Å²) in [7, 11) is 0. The molecule has 0 aromatic rings. The van der Waals surface area contributed by atoms with E-state index in [2.05, 4.69) is 26.1 Å². The van der Waals surface area contributed by atoms with E-state index < -0.39 is 0 Å². The van der Waals surface area contributed by atoms with E-state index in [1.807, 2.05) is 0 Å². The van der Waals surface area contributed by atoms with Crippen molar-refractivity contribution in [2.75, 3.05) is 26.3 Å². The van der Waals surface area contributed by atoms with E-state index in [0.717, 1.165) is 32.2 Å². The zero-order chi connectivity index (χ0) is 15.4. The van der Waals surface area contributed by atoms with Gasteiger partial charge in [-0.3, -0.25) is 0 Å². The average Bonchev–Trinajstić information content (AvgIpc) is 2.90. The Kier molecular flexibility index (Phi) is 10.4. The molecule has 1 atom stereocenters. The molecule has 0 aliphatic carbocycles. The van der Waals surface area contributed by atoms with Gasteiger partial charge in [0.15, 0.2) is 0 Å². The van der Waals surface area contributed by atoms with Gasteiger partial charge in [0.25, 0.3) is 0 Å². The molecule has 1 fully saturated rings. The Hall–Kier alpha value is -0.0800. The van der Waals surface area contributed by atoms with Gasteiger partial charge in [0.1, 0.15) is 0 Å². The van der Waals surface area contributed by atoms with E-state index in [-0.39, 0.29) is 0 Å². The molecule has 1 heterocycles. The maximum Gasteiger partial charge on any atom is 0.0535 e. The molecule has 1 rings (SSSR count). The van der Waals surface area contributed by atoms with Crippen molar-refractivity contribution < 1.29 is 4.74 Å². The van der Waals surface area contributed by atoms with Crippen molar-refractivity contribution in [1.82, 2.24) is 5.32 Å². The van der Waals surface area contributed by atoms with Gasteiger partial charge in [-0.15, -0.1) is 0 Å². The van der Waals surface area contributed by atoms with Crippen molar-refractivity contribution in [3.8, 4) is 0 Å². The van der Waals surface area contributed by atoms with E-state index in [9.17, 15) is 0 Å². The molecule has 2 nitrogen and oxygen atoms in total. The lowest BCUT2D eigenvalue weighted by Gasteiger charge is -2.28. The normalized spacial score (nSPS) is 22.3. The van der Waals surface area contributed by atoms with Gasteiger partial charge in [0, 0.05) is 18.6 Å². The van der Waals surface area contributed by atoms with Gasteiger partial charge in [0.05, 0.1) is 6.61 Å². The largest absolute Gasteiger partial charge is 0.381 e. The van der Waals surface area contributed by atoms with Crippen LogP contribution in [-0.4, -0.2) is 26.3 Å². The van der Waals surface area contributed by atoms with Gasteiger partial charge in [-0.2, -0.15) is 0 Å². The predicted molar refractivity (Wildman–Crippen MR) is 92.8 cm³/mol. The Bertz CT molecular complexity index is 234. The van der Waals surface area contributed by atoms with Crippen molar-refractivity contribution in [3.63, 3.8) is 0 Å². The molecule has 1 aliphatic heterocycles. The van der Waals surface area contributed by atoms with E-state index >= 15 is 0 Å². The summed E-state index contributed by atoms with van der Waals surface area (Å²) < 4.78 is 5.70. The quantitative estimate of drug-likeness (QED) is 0.474. The smallest absolute Gasteiger partial charge is 0.0535 e. The first-order valence-electron chi connectivity index (χ1n) is 9.47. The van der Waals surface area contributed by atoms with Gasteiger partial charge in [-0.25, -0.2) is 0 Å². The van der Waals surface area contributed by atoms with Gasteiger partial charge in [0.2, 0.25) is 0 Å². The Morgan fingerprint density at radius 1 is 1.00 bits per heavy atom. The molecule has 2 heteroatoms. The molecule has 1 saturated heterocycles. The highest BCUT2D eigenvalue weighted by Gasteiger charge is 2.33. The van der Waals surface area contributed by atoms with Crippen LogP contribution in [0.1, 0.15) is 85.0 Å². The maximum absolute atomic E-state index is 5.70. The molecule has 0 aromatic carbocycles. The minimum atomic E-state index is 0.442. The highest BCUT2D eigenvalue weighted by Crippen LogP contribution is 2.34. The second-order valence-electron chi connectivity index (χ2n) is 7.55. The summed E-state index contributed by atoms with van der Waals surface area (Å²) in [6, 6.07) is 0. The lowest BCUT2D eigenvalue weighted by atomic mass is 9.81. The fraction of sp³-hybridized carbons (Fsp3) is 1.00. The van der Waals surface area contributed by atoms with Crippen molar-refractivity contribution in [2.45, 2.75) is 85.0 Å². The van der Waals surface area contributed by atoms with Crippen LogP contribution in [0.5, 0.6) is 0 Å². The second kappa shape index (κ2) is 11.5. The molecule has 126 valence electrons. The summed E-state index contributed by atoms with van der Waals surface area (Å²) in [4.78, 5) is 0. The molecular weight excluding hydrogens is 258 g/mol. The Labute approximate surface area is 133 Å². The first-order valence-corrected chi connectivity index (χ1v) is 9.47. The third kappa shape index (κ3) is 8.83. The minimum absolute atomic E-state index is 0.442. The van der Waals surface area contributed by atoms with Crippen LogP contribution < -0.4 is 5.32 Å². The van der Waals surface area contributed by atoms with Crippen molar-refractivity contribution >= 4 is 0 Å². The molecule has 0 aromatic heterocycles. The van der Waals surface area contributed by atoms with Crippen LogP contribution >= 0.6 is 0 Å². The van der Waals surface area contributed by atoms with Crippen molar-refractivity contribution in [1.29, 1.82) is 0 Å². The topological polar surface area (TPSA) is 21.3 Å². The zero-order valence-corrected chi connectivity index (χ0v) is 14.9. The molecule has 1 unspecified atom stereocenters. The van der Waals surface area contributed by atoms with Gasteiger partial charge < -0.3 is 10.1 Å². The highest BCUT2D eigenvalue weighted by molar-refractivity contribution is 4.85. The monoisotopic (exact) mass is 297 g/mol. The number of nitrogens with one attached hydrogen (secondary N) is 1. The number of ether oxygens (including phenoxy) is 1. The highest BCUT2D eigenvalue weighted by atomic mass is 16.5. The van der Waals surface area contributed by atoms with Crippen LogP contribution in [0.4, 0.5) is 0 Å². The molecule has 0 amide bonds. The van der Waals surface area contributed by atoms with E-state index in [1.54, 1.807) is 0 Å².